The summed E-state index contributed by atoms with van der Waals surface area (Å²) in [6, 6.07) is 12.9. The number of fused-ring (bicyclic) bond motifs is 1. The number of aryl methyl sites for hydroxylation is 1. The van der Waals surface area contributed by atoms with E-state index in [1.54, 1.807) is 6.20 Å². The van der Waals surface area contributed by atoms with Crippen LogP contribution in [0.2, 0.25) is 5.02 Å². The number of benzene rings is 1. The van der Waals surface area contributed by atoms with E-state index >= 15 is 0 Å². The van der Waals surface area contributed by atoms with Crippen molar-refractivity contribution >= 4 is 34.9 Å². The molecule has 0 bridgehead atoms. The summed E-state index contributed by atoms with van der Waals surface area (Å²) in [6.45, 7) is 4.09. The van der Waals surface area contributed by atoms with Crippen LogP contribution in [-0.4, -0.2) is 23.1 Å². The Morgan fingerprint density at radius 1 is 1.16 bits per heavy atom. The van der Waals surface area contributed by atoms with Crippen molar-refractivity contribution < 1.29 is 0 Å². The zero-order chi connectivity index (χ0) is 21.6. The molecule has 2 aliphatic rings. The maximum Gasteiger partial charge on any atom is 0.143 e. The maximum atomic E-state index is 6.72. The molecule has 1 aliphatic carbocycles. The lowest BCUT2D eigenvalue weighted by Gasteiger charge is -2.43. The molecule has 1 spiro atoms. The number of nitrogen functional groups attached to an aromatic ring is 1. The molecule has 1 fully saturated rings. The van der Waals surface area contributed by atoms with Crippen LogP contribution in [-0.2, 0) is 6.42 Å². The molecule has 1 aromatic carbocycles. The second-order valence-corrected chi connectivity index (χ2v) is 10.0. The van der Waals surface area contributed by atoms with E-state index in [4.69, 9.17) is 28.1 Å². The second-order valence-electron chi connectivity index (χ2n) is 8.63. The van der Waals surface area contributed by atoms with Crippen molar-refractivity contribution in [2.24, 2.45) is 11.1 Å². The zero-order valence-electron chi connectivity index (χ0n) is 17.5. The third kappa shape index (κ3) is 3.96. The van der Waals surface area contributed by atoms with Gasteiger partial charge in [0.2, 0.25) is 0 Å². The third-order valence-corrected chi connectivity index (χ3v) is 8.51. The Morgan fingerprint density at radius 2 is 1.91 bits per heavy atom. The third-order valence-electron chi connectivity index (χ3n) is 6.82. The highest BCUT2D eigenvalue weighted by Crippen LogP contribution is 2.51. The standard InChI is InChI=1S/C24H26ClN5S.CH4/c1-15-12-17(14-29-23(15)31-19-6-9-28-22(27)20(19)25)30-10-7-24(8-11-30)13-16-4-2-3-5-18(16)21(24)26;/h2-6,9,12,14,21H,7-8,10-11,13,26H2,1H3,(H2,27,28);1H4/t21-;/m1./s1. The van der Waals surface area contributed by atoms with Gasteiger partial charge in [0.1, 0.15) is 10.8 Å². The van der Waals surface area contributed by atoms with Gasteiger partial charge in [0.05, 0.1) is 16.9 Å². The van der Waals surface area contributed by atoms with Crippen LogP contribution < -0.4 is 16.4 Å². The number of hydrogen-bond acceptors (Lipinski definition) is 6. The van der Waals surface area contributed by atoms with Gasteiger partial charge in [-0.1, -0.05) is 55.1 Å². The number of rotatable bonds is 3. The molecular formula is C25H30ClN5S. The van der Waals surface area contributed by atoms with Crippen LogP contribution in [0.25, 0.3) is 0 Å². The lowest BCUT2D eigenvalue weighted by atomic mass is 9.73. The van der Waals surface area contributed by atoms with E-state index in [1.807, 2.05) is 12.3 Å². The van der Waals surface area contributed by atoms with Crippen LogP contribution in [0.3, 0.4) is 0 Å². The van der Waals surface area contributed by atoms with E-state index < -0.39 is 0 Å². The summed E-state index contributed by atoms with van der Waals surface area (Å²) in [7, 11) is 0. The number of piperidine rings is 1. The molecule has 32 heavy (non-hydrogen) atoms. The number of halogens is 1. The molecule has 7 heteroatoms. The van der Waals surface area contributed by atoms with Crippen LogP contribution >= 0.6 is 23.4 Å². The maximum absolute atomic E-state index is 6.72. The molecule has 0 saturated carbocycles. The predicted molar refractivity (Wildman–Crippen MR) is 134 cm³/mol. The van der Waals surface area contributed by atoms with Gasteiger partial charge in [0, 0.05) is 30.2 Å². The summed E-state index contributed by atoms with van der Waals surface area (Å²) in [5.74, 6) is 0.343. The number of nitrogens with zero attached hydrogens (tertiary/aromatic N) is 3. The molecule has 5 rings (SSSR count). The van der Waals surface area contributed by atoms with E-state index in [2.05, 4.69) is 47.1 Å². The smallest absolute Gasteiger partial charge is 0.143 e. The van der Waals surface area contributed by atoms with E-state index in [0.29, 0.717) is 10.8 Å². The van der Waals surface area contributed by atoms with Gasteiger partial charge < -0.3 is 16.4 Å². The number of hydrogen-bond donors (Lipinski definition) is 2. The number of pyridine rings is 2. The highest BCUT2D eigenvalue weighted by Gasteiger charge is 2.45. The fourth-order valence-corrected chi connectivity index (χ4v) is 6.05. The average molecular weight is 468 g/mol. The van der Waals surface area contributed by atoms with Gasteiger partial charge in [0.25, 0.3) is 0 Å². The van der Waals surface area contributed by atoms with Gasteiger partial charge in [-0.05, 0) is 60.4 Å². The fraction of sp³-hybridized carbons (Fsp3) is 0.360. The predicted octanol–water partition coefficient (Wildman–Crippen LogP) is 5.65. The molecule has 1 saturated heterocycles. The average Bonchev–Trinajstić information content (AvgIpc) is 3.05. The minimum Gasteiger partial charge on any atom is -0.382 e. The lowest BCUT2D eigenvalue weighted by Crippen LogP contribution is -2.44. The van der Waals surface area contributed by atoms with Gasteiger partial charge >= 0.3 is 0 Å². The Bertz CT molecular complexity index is 1130. The second kappa shape index (κ2) is 8.93. The monoisotopic (exact) mass is 467 g/mol. The Labute approximate surface area is 199 Å². The molecule has 1 aliphatic heterocycles. The molecule has 3 heterocycles. The minimum absolute atomic E-state index is 0. The summed E-state index contributed by atoms with van der Waals surface area (Å²) in [5.41, 5.74) is 17.8. The molecule has 2 aromatic heterocycles. The van der Waals surface area contributed by atoms with Crippen LogP contribution in [0.5, 0.6) is 0 Å². The van der Waals surface area contributed by atoms with Crippen molar-refractivity contribution in [1.82, 2.24) is 9.97 Å². The summed E-state index contributed by atoms with van der Waals surface area (Å²) in [5, 5.41) is 1.41. The molecule has 5 nitrogen and oxygen atoms in total. The molecule has 0 amide bonds. The summed E-state index contributed by atoms with van der Waals surface area (Å²) in [6.07, 6.45) is 6.94. The molecule has 3 aromatic rings. The van der Waals surface area contributed by atoms with Crippen molar-refractivity contribution in [2.75, 3.05) is 23.7 Å². The van der Waals surface area contributed by atoms with Gasteiger partial charge in [0.15, 0.2) is 0 Å². The molecular weight excluding hydrogens is 438 g/mol. The first-order valence-electron chi connectivity index (χ1n) is 10.6. The van der Waals surface area contributed by atoms with Crippen molar-refractivity contribution in [3.63, 3.8) is 0 Å². The summed E-state index contributed by atoms with van der Waals surface area (Å²) >= 11 is 7.82. The van der Waals surface area contributed by atoms with Crippen LogP contribution in [0.15, 0.2) is 58.7 Å². The Hall–Kier alpha value is -2.28. The molecule has 4 N–H and O–H groups in total. The van der Waals surface area contributed by atoms with Crippen LogP contribution in [0.1, 0.15) is 43.0 Å². The summed E-state index contributed by atoms with van der Waals surface area (Å²) < 4.78 is 0. The van der Waals surface area contributed by atoms with Crippen LogP contribution in [0.4, 0.5) is 11.5 Å². The highest BCUT2D eigenvalue weighted by molar-refractivity contribution is 7.99. The molecule has 0 radical (unpaired) electrons. The zero-order valence-corrected chi connectivity index (χ0v) is 19.1. The minimum atomic E-state index is 0. The van der Waals surface area contributed by atoms with E-state index in [-0.39, 0.29) is 18.9 Å². The largest absolute Gasteiger partial charge is 0.382 e. The van der Waals surface area contributed by atoms with Gasteiger partial charge in [-0.15, -0.1) is 0 Å². The van der Waals surface area contributed by atoms with E-state index in [9.17, 15) is 0 Å². The van der Waals surface area contributed by atoms with Crippen molar-refractivity contribution in [3.8, 4) is 0 Å². The van der Waals surface area contributed by atoms with Crippen molar-refractivity contribution in [1.29, 1.82) is 0 Å². The molecule has 1 atom stereocenters. The van der Waals surface area contributed by atoms with E-state index in [0.717, 1.165) is 47.8 Å². The van der Waals surface area contributed by atoms with Gasteiger partial charge in [-0.2, -0.15) is 0 Å². The van der Waals surface area contributed by atoms with Crippen LogP contribution in [0, 0.1) is 12.3 Å². The van der Waals surface area contributed by atoms with E-state index in [1.165, 1.54) is 28.6 Å². The quantitative estimate of drug-likeness (QED) is 0.518. The van der Waals surface area contributed by atoms with Gasteiger partial charge in [-0.25, -0.2) is 9.97 Å². The van der Waals surface area contributed by atoms with Gasteiger partial charge in [-0.3, -0.25) is 0 Å². The first kappa shape index (κ1) is 22.9. The molecule has 0 unspecified atom stereocenters. The Kier molecular flexibility index (Phi) is 6.39. The number of nitrogens with two attached hydrogens (primary N) is 2. The lowest BCUT2D eigenvalue weighted by molar-refractivity contribution is 0.187. The summed E-state index contributed by atoms with van der Waals surface area (Å²) in [4.78, 5) is 12.1. The first-order chi connectivity index (χ1) is 15.0. The topological polar surface area (TPSA) is 81.1 Å². The normalized spacial score (nSPS) is 19.0. The highest BCUT2D eigenvalue weighted by atomic mass is 35.5. The number of anilines is 2. The Balaban J connectivity index is 0.00000245. The first-order valence-corrected chi connectivity index (χ1v) is 11.8. The molecule has 168 valence electrons. The number of aromatic nitrogens is 2. The fourth-order valence-electron chi connectivity index (χ4n) is 4.97. The van der Waals surface area contributed by atoms with Crippen molar-refractivity contribution in [3.05, 3.63) is 70.5 Å². The Morgan fingerprint density at radius 3 is 2.62 bits per heavy atom. The van der Waals surface area contributed by atoms with Crippen molar-refractivity contribution in [2.45, 2.75) is 49.6 Å². The SMILES string of the molecule is C.Cc1cc(N2CCC3(CC2)Cc2ccccc2[C@H]3N)cnc1Sc1ccnc(N)c1Cl.